The van der Waals surface area contributed by atoms with Crippen molar-refractivity contribution in [3.05, 3.63) is 0 Å². The Hall–Kier alpha value is -0.570. The minimum atomic E-state index is -0.0280. The first-order valence-electron chi connectivity index (χ1n) is 9.30. The maximum absolute atomic E-state index is 12.2. The lowest BCUT2D eigenvalue weighted by Crippen LogP contribution is -2.51. The Morgan fingerprint density at radius 2 is 1.57 bits per heavy atom. The van der Waals surface area contributed by atoms with Crippen molar-refractivity contribution < 1.29 is 4.79 Å². The zero-order valence-corrected chi connectivity index (χ0v) is 13.6. The lowest BCUT2D eigenvalue weighted by Gasteiger charge is -2.40. The zero-order valence-electron chi connectivity index (χ0n) is 13.6. The van der Waals surface area contributed by atoms with Gasteiger partial charge in [-0.15, -0.1) is 0 Å². The predicted octanol–water partition coefficient (Wildman–Crippen LogP) is 3.38. The third-order valence-corrected chi connectivity index (χ3v) is 5.86. The second-order valence-corrected chi connectivity index (χ2v) is 7.62. The van der Waals surface area contributed by atoms with E-state index in [0.717, 1.165) is 11.8 Å². The van der Waals surface area contributed by atoms with Crippen LogP contribution in [0.4, 0.5) is 0 Å². The van der Waals surface area contributed by atoms with Crippen molar-refractivity contribution in [2.75, 3.05) is 0 Å². The highest BCUT2D eigenvalue weighted by molar-refractivity contribution is 5.81. The predicted molar refractivity (Wildman–Crippen MR) is 86.1 cm³/mol. The third kappa shape index (κ3) is 4.21. The lowest BCUT2D eigenvalue weighted by molar-refractivity contribution is -0.123. The van der Waals surface area contributed by atoms with E-state index in [-0.39, 0.29) is 11.9 Å². The molecule has 3 nitrogen and oxygen atoms in total. The maximum atomic E-state index is 12.2. The molecule has 3 saturated carbocycles. The summed E-state index contributed by atoms with van der Waals surface area (Å²) in [6.45, 7) is 2.05. The molecule has 3 atom stereocenters. The van der Waals surface area contributed by atoms with Gasteiger partial charge in [0.05, 0.1) is 6.04 Å². The monoisotopic (exact) mass is 292 g/mol. The molecule has 3 heteroatoms. The molecular weight excluding hydrogens is 260 g/mol. The van der Waals surface area contributed by atoms with Crippen LogP contribution in [-0.2, 0) is 4.79 Å². The Bertz CT molecular complexity index is 347. The van der Waals surface area contributed by atoms with Gasteiger partial charge in [0.2, 0.25) is 5.91 Å². The molecule has 21 heavy (non-hydrogen) atoms. The first-order chi connectivity index (χ1) is 10.2. The van der Waals surface area contributed by atoms with Gasteiger partial charge in [-0.05, 0) is 44.4 Å². The van der Waals surface area contributed by atoms with Gasteiger partial charge in [0.15, 0.2) is 0 Å². The number of carbonyl (C=O) groups is 1. The van der Waals surface area contributed by atoms with E-state index in [1.807, 2.05) is 6.92 Å². The molecule has 3 rings (SSSR count). The number of nitrogens with one attached hydrogen (secondary N) is 2. The summed E-state index contributed by atoms with van der Waals surface area (Å²) in [5.41, 5.74) is 0. The van der Waals surface area contributed by atoms with Crippen LogP contribution in [0.5, 0.6) is 0 Å². The number of rotatable bonds is 5. The molecule has 120 valence electrons. The SMILES string of the molecule is CC(NC1CCCCC1C1CCCCC1)C(=O)NC1CC1. The minimum Gasteiger partial charge on any atom is -0.352 e. The topological polar surface area (TPSA) is 41.1 Å². The van der Waals surface area contributed by atoms with E-state index in [4.69, 9.17) is 0 Å². The van der Waals surface area contributed by atoms with Gasteiger partial charge in [-0.3, -0.25) is 4.79 Å². The number of hydrogen-bond donors (Lipinski definition) is 2. The van der Waals surface area contributed by atoms with E-state index in [1.165, 1.54) is 70.6 Å². The Labute approximate surface area is 129 Å². The summed E-state index contributed by atoms with van der Waals surface area (Å²) < 4.78 is 0. The van der Waals surface area contributed by atoms with Crippen LogP contribution in [0.1, 0.15) is 77.6 Å². The Morgan fingerprint density at radius 3 is 2.29 bits per heavy atom. The van der Waals surface area contributed by atoms with Gasteiger partial charge in [-0.2, -0.15) is 0 Å². The average molecular weight is 292 g/mol. The summed E-state index contributed by atoms with van der Waals surface area (Å²) in [6.07, 6.45) is 14.8. The van der Waals surface area contributed by atoms with Crippen molar-refractivity contribution in [3.63, 3.8) is 0 Å². The molecule has 3 unspecified atom stereocenters. The Balaban J connectivity index is 1.53. The molecule has 0 spiro atoms. The molecule has 0 radical (unpaired) electrons. The van der Waals surface area contributed by atoms with Gasteiger partial charge < -0.3 is 10.6 Å². The molecule has 0 bridgehead atoms. The quantitative estimate of drug-likeness (QED) is 0.815. The van der Waals surface area contributed by atoms with Gasteiger partial charge in [-0.1, -0.05) is 44.9 Å². The Kier molecular flexibility index (Phi) is 5.20. The standard InChI is InChI=1S/C18H32N2O/c1-13(18(21)20-15-11-12-15)19-17-10-6-5-9-16(17)14-7-3-2-4-8-14/h13-17,19H,2-12H2,1H3,(H,20,21). The van der Waals surface area contributed by atoms with E-state index in [1.54, 1.807) is 0 Å². The molecule has 2 N–H and O–H groups in total. The first kappa shape index (κ1) is 15.3. The van der Waals surface area contributed by atoms with E-state index in [0.29, 0.717) is 12.1 Å². The molecule has 1 amide bonds. The summed E-state index contributed by atoms with van der Waals surface area (Å²) in [7, 11) is 0. The lowest BCUT2D eigenvalue weighted by atomic mass is 9.71. The first-order valence-corrected chi connectivity index (χ1v) is 9.30. The highest BCUT2D eigenvalue weighted by atomic mass is 16.2. The normalized spacial score (nSPS) is 32.6. The van der Waals surface area contributed by atoms with Gasteiger partial charge in [0.25, 0.3) is 0 Å². The van der Waals surface area contributed by atoms with Crippen LogP contribution in [0.15, 0.2) is 0 Å². The van der Waals surface area contributed by atoms with Gasteiger partial charge >= 0.3 is 0 Å². The van der Waals surface area contributed by atoms with Crippen LogP contribution in [0.25, 0.3) is 0 Å². The fraction of sp³-hybridized carbons (Fsp3) is 0.944. The molecule has 0 aromatic rings. The van der Waals surface area contributed by atoms with E-state index in [9.17, 15) is 4.79 Å². The fourth-order valence-electron chi connectivity index (χ4n) is 4.44. The van der Waals surface area contributed by atoms with E-state index in [2.05, 4.69) is 10.6 Å². The van der Waals surface area contributed by atoms with Crippen molar-refractivity contribution in [3.8, 4) is 0 Å². The average Bonchev–Trinajstić information content (AvgIpc) is 3.32. The van der Waals surface area contributed by atoms with Crippen molar-refractivity contribution in [1.29, 1.82) is 0 Å². The molecule has 0 aromatic heterocycles. The van der Waals surface area contributed by atoms with Gasteiger partial charge in [0, 0.05) is 12.1 Å². The highest BCUT2D eigenvalue weighted by Gasteiger charge is 2.34. The van der Waals surface area contributed by atoms with E-state index < -0.39 is 0 Å². The number of hydrogen-bond acceptors (Lipinski definition) is 2. The summed E-state index contributed by atoms with van der Waals surface area (Å²) in [4.78, 5) is 12.2. The number of amides is 1. The van der Waals surface area contributed by atoms with Crippen molar-refractivity contribution in [1.82, 2.24) is 10.6 Å². The third-order valence-electron chi connectivity index (χ3n) is 5.86. The van der Waals surface area contributed by atoms with Crippen LogP contribution in [-0.4, -0.2) is 24.0 Å². The molecule has 0 aliphatic heterocycles. The molecule has 3 fully saturated rings. The smallest absolute Gasteiger partial charge is 0.237 e. The maximum Gasteiger partial charge on any atom is 0.237 e. The molecule has 0 heterocycles. The van der Waals surface area contributed by atoms with Crippen molar-refractivity contribution in [2.45, 2.75) is 95.7 Å². The molecule has 0 saturated heterocycles. The fourth-order valence-corrected chi connectivity index (χ4v) is 4.44. The summed E-state index contributed by atoms with van der Waals surface area (Å²) in [5.74, 6) is 1.94. The van der Waals surface area contributed by atoms with Crippen LogP contribution in [0.3, 0.4) is 0 Å². The van der Waals surface area contributed by atoms with Crippen LogP contribution >= 0.6 is 0 Å². The van der Waals surface area contributed by atoms with Crippen LogP contribution < -0.4 is 10.6 Å². The van der Waals surface area contributed by atoms with Crippen LogP contribution in [0, 0.1) is 11.8 Å². The summed E-state index contributed by atoms with van der Waals surface area (Å²) in [6, 6.07) is 1.02. The second kappa shape index (κ2) is 7.13. The largest absolute Gasteiger partial charge is 0.352 e. The molecule has 3 aliphatic rings. The van der Waals surface area contributed by atoms with Crippen molar-refractivity contribution in [2.24, 2.45) is 11.8 Å². The molecule has 0 aromatic carbocycles. The zero-order chi connectivity index (χ0) is 14.7. The Morgan fingerprint density at radius 1 is 0.905 bits per heavy atom. The van der Waals surface area contributed by atoms with E-state index >= 15 is 0 Å². The molecular formula is C18H32N2O. The van der Waals surface area contributed by atoms with Gasteiger partial charge in [0.1, 0.15) is 0 Å². The number of carbonyl (C=O) groups excluding carboxylic acids is 1. The summed E-state index contributed by atoms with van der Waals surface area (Å²) in [5, 5.41) is 6.82. The highest BCUT2D eigenvalue weighted by Crippen LogP contribution is 2.38. The molecule has 3 aliphatic carbocycles. The summed E-state index contributed by atoms with van der Waals surface area (Å²) >= 11 is 0. The van der Waals surface area contributed by atoms with Gasteiger partial charge in [-0.25, -0.2) is 0 Å². The minimum absolute atomic E-state index is 0.0280. The van der Waals surface area contributed by atoms with Crippen LogP contribution in [0.2, 0.25) is 0 Å². The van der Waals surface area contributed by atoms with Crippen molar-refractivity contribution >= 4 is 5.91 Å². The second-order valence-electron chi connectivity index (χ2n) is 7.62.